The predicted molar refractivity (Wildman–Crippen MR) is 253 cm³/mol. The summed E-state index contributed by atoms with van der Waals surface area (Å²) in [5.74, 6) is -5.98. The van der Waals surface area contributed by atoms with Gasteiger partial charge in [-0.05, 0) is 133 Å². The Kier molecular flexibility index (Phi) is 12.6. The van der Waals surface area contributed by atoms with Crippen LogP contribution in [0.15, 0.2) is 95.9 Å². The monoisotopic (exact) mass is 939 g/mol. The van der Waals surface area contributed by atoms with Crippen molar-refractivity contribution in [3.63, 3.8) is 0 Å². The number of halogens is 3. The van der Waals surface area contributed by atoms with Gasteiger partial charge in [0.2, 0.25) is 17.6 Å². The molecule has 69 heavy (non-hydrogen) atoms. The molecule has 5 aromatic carbocycles. The van der Waals surface area contributed by atoms with Crippen molar-refractivity contribution in [2.75, 3.05) is 20.2 Å². The van der Waals surface area contributed by atoms with Gasteiger partial charge in [-0.15, -0.1) is 0 Å². The van der Waals surface area contributed by atoms with Crippen LogP contribution in [0.4, 0.5) is 13.2 Å². The van der Waals surface area contributed by atoms with Gasteiger partial charge in [-0.2, -0.15) is 9.49 Å². The fraction of sp³-hybridized carbons (Fsp3) is 0.340. The van der Waals surface area contributed by atoms with Gasteiger partial charge in [0.25, 0.3) is 5.91 Å². The van der Waals surface area contributed by atoms with Gasteiger partial charge in [-0.1, -0.05) is 42.5 Å². The molecule has 1 saturated carbocycles. The number of piperidine rings is 1. The lowest BCUT2D eigenvalue weighted by atomic mass is 9.86. The van der Waals surface area contributed by atoms with E-state index in [1.165, 1.54) is 22.8 Å². The molecule has 1 aliphatic carbocycles. The molecule has 16 heteroatoms. The number of amides is 3. The van der Waals surface area contributed by atoms with Crippen LogP contribution >= 0.6 is 0 Å². The van der Waals surface area contributed by atoms with Gasteiger partial charge in [0, 0.05) is 44.7 Å². The van der Waals surface area contributed by atoms with Crippen molar-refractivity contribution in [1.29, 1.82) is 0 Å². The van der Waals surface area contributed by atoms with E-state index in [-0.39, 0.29) is 43.1 Å². The van der Waals surface area contributed by atoms with Gasteiger partial charge in [0.1, 0.15) is 18.4 Å². The average molecular weight is 940 g/mol. The highest BCUT2D eigenvalue weighted by Gasteiger charge is 2.32. The first-order valence-electron chi connectivity index (χ1n) is 23.5. The Morgan fingerprint density at radius 3 is 2.36 bits per heavy atom. The number of carbonyl (C=O) groups is 3. The van der Waals surface area contributed by atoms with Crippen molar-refractivity contribution in [3.05, 3.63) is 147 Å². The lowest BCUT2D eigenvalue weighted by Crippen LogP contribution is -2.44. The molecule has 10 rings (SSSR count). The molecular weight excluding hydrogens is 888 g/mol. The van der Waals surface area contributed by atoms with Gasteiger partial charge in [-0.3, -0.25) is 38.4 Å². The molecular formula is C53H52F3N7O6. The molecule has 2 N–H and O–H groups in total. The minimum atomic E-state index is -1.55. The van der Waals surface area contributed by atoms with Crippen molar-refractivity contribution < 1.29 is 37.0 Å². The number of imide groups is 1. The fourth-order valence-electron chi connectivity index (χ4n) is 10.2. The Bertz CT molecular complexity index is 3190. The Morgan fingerprint density at radius 2 is 1.58 bits per heavy atom. The van der Waals surface area contributed by atoms with Crippen molar-refractivity contribution in [2.24, 2.45) is 13.0 Å². The number of ether oxygens (including phenoxy) is 2. The summed E-state index contributed by atoms with van der Waals surface area (Å²) in [5.41, 5.74) is 7.97. The molecule has 3 amide bonds. The zero-order chi connectivity index (χ0) is 47.9. The number of nitrogens with zero attached hydrogens (tertiary/aromatic N) is 5. The highest BCUT2D eigenvalue weighted by molar-refractivity contribution is 6.00. The summed E-state index contributed by atoms with van der Waals surface area (Å²) in [5, 5.41) is 11.1. The van der Waals surface area contributed by atoms with E-state index < -0.39 is 46.6 Å². The van der Waals surface area contributed by atoms with E-state index in [0.29, 0.717) is 29.3 Å². The second kappa shape index (κ2) is 19.1. The molecule has 2 fully saturated rings. The second-order valence-electron chi connectivity index (χ2n) is 18.6. The number of fused-ring (bicyclic) bond motifs is 3. The predicted octanol–water partition coefficient (Wildman–Crippen LogP) is 8.45. The second-order valence-corrected chi connectivity index (χ2v) is 18.6. The topological polar surface area (TPSA) is 142 Å². The lowest BCUT2D eigenvalue weighted by Gasteiger charge is -2.28. The van der Waals surface area contributed by atoms with Crippen LogP contribution in [0.2, 0.25) is 0 Å². The molecule has 356 valence electrons. The van der Waals surface area contributed by atoms with E-state index in [4.69, 9.17) is 14.6 Å². The van der Waals surface area contributed by atoms with Crippen LogP contribution in [-0.4, -0.2) is 61.7 Å². The average Bonchev–Trinajstić information content (AvgIpc) is 4.05. The van der Waals surface area contributed by atoms with Crippen LogP contribution in [0.25, 0.3) is 33.1 Å². The molecule has 1 unspecified atom stereocenters. The molecule has 7 aromatic rings. The molecule has 4 heterocycles. The summed E-state index contributed by atoms with van der Waals surface area (Å²) in [7, 11) is 3.23. The van der Waals surface area contributed by atoms with Crippen LogP contribution in [-0.2, 0) is 42.8 Å². The third-order valence-electron chi connectivity index (χ3n) is 14.1. The molecule has 2 aliphatic heterocycles. The molecule has 0 spiro atoms. The Balaban J connectivity index is 0.703. The van der Waals surface area contributed by atoms with E-state index >= 15 is 4.39 Å². The van der Waals surface area contributed by atoms with Gasteiger partial charge < -0.3 is 14.8 Å². The maximum absolute atomic E-state index is 15.0. The van der Waals surface area contributed by atoms with Crippen molar-refractivity contribution in [3.8, 4) is 22.6 Å². The molecule has 13 nitrogen and oxygen atoms in total. The quantitative estimate of drug-likeness (QED) is 0.0818. The molecule has 1 atom stereocenters. The Hall–Kier alpha value is -7.20. The number of rotatable bonds is 14. The number of hydrogen-bond acceptors (Lipinski definition) is 8. The van der Waals surface area contributed by atoms with Gasteiger partial charge in [0.15, 0.2) is 17.4 Å². The van der Waals surface area contributed by atoms with Crippen LogP contribution in [0.1, 0.15) is 89.6 Å². The summed E-state index contributed by atoms with van der Waals surface area (Å²) in [4.78, 5) is 52.9. The maximum Gasteiger partial charge on any atom is 0.329 e. The van der Waals surface area contributed by atoms with E-state index in [2.05, 4.69) is 58.1 Å². The van der Waals surface area contributed by atoms with E-state index in [0.717, 1.165) is 91.3 Å². The third-order valence-corrected chi connectivity index (χ3v) is 14.1. The molecule has 2 aromatic heterocycles. The number of nitrogens with one attached hydrogen (secondary N) is 2. The number of methoxy groups -OCH3 is 1. The van der Waals surface area contributed by atoms with Crippen LogP contribution in [0, 0.1) is 23.4 Å². The fourth-order valence-corrected chi connectivity index (χ4v) is 10.2. The van der Waals surface area contributed by atoms with Crippen LogP contribution in [0.3, 0.4) is 0 Å². The normalized spacial score (nSPS) is 18.4. The summed E-state index contributed by atoms with van der Waals surface area (Å²) >= 11 is 0. The molecule has 0 radical (unpaired) electrons. The van der Waals surface area contributed by atoms with E-state index in [9.17, 15) is 28.0 Å². The lowest BCUT2D eigenvalue weighted by molar-refractivity contribution is -0.135. The van der Waals surface area contributed by atoms with Crippen LogP contribution < -0.4 is 25.8 Å². The maximum atomic E-state index is 15.0. The molecule has 1 saturated heterocycles. The highest BCUT2D eigenvalue weighted by Crippen LogP contribution is 2.35. The Morgan fingerprint density at radius 1 is 0.826 bits per heavy atom. The first kappa shape index (κ1) is 45.6. The number of aromatic nitrogens is 4. The first-order chi connectivity index (χ1) is 33.4. The third kappa shape index (κ3) is 9.24. The molecule has 3 aliphatic rings. The van der Waals surface area contributed by atoms with Crippen molar-refractivity contribution >= 4 is 39.7 Å². The number of benzene rings is 5. The Labute approximate surface area is 395 Å². The largest absolute Gasteiger partial charge is 0.497 e. The zero-order valence-corrected chi connectivity index (χ0v) is 38.4. The summed E-state index contributed by atoms with van der Waals surface area (Å²) in [6.07, 6.45) is 7.62. The number of carbonyl (C=O) groups excluding carboxylic acids is 3. The summed E-state index contributed by atoms with van der Waals surface area (Å²) in [6, 6.07) is 25.8. The first-order valence-corrected chi connectivity index (χ1v) is 23.5. The standard InChI is InChI=1S/C53H52F3N7O6/c1-60-46-22-31(9-18-44(46)63(53(60)67)45-19-20-47(64)58-52(45)66)4-3-21-61-27-36-12-10-34(23-38(36)28-61)35-11-13-37-29-62(59-43(37)24-35)39-14-5-32(6-15-39)26-57-51(65)41-25-42(54)50(49(56)48(41)55)69-30-33-7-16-40(68-2)17-8-33/h7-13,16-18,22-25,29,32,39,45H,3-6,14-15,19-21,26-28,30H2,1-2H3,(H,57,65)(H,58,64,66). The number of hydrogen-bond donors (Lipinski definition) is 2. The van der Waals surface area contributed by atoms with Crippen LogP contribution in [0.5, 0.6) is 11.5 Å². The summed E-state index contributed by atoms with van der Waals surface area (Å²) < 4.78 is 60.4. The molecule has 0 bridgehead atoms. The number of imidazole rings is 1. The van der Waals surface area contributed by atoms with Gasteiger partial charge >= 0.3 is 5.69 Å². The van der Waals surface area contributed by atoms with Gasteiger partial charge in [-0.25, -0.2) is 13.6 Å². The highest BCUT2D eigenvalue weighted by atomic mass is 19.2. The van der Waals surface area contributed by atoms with Crippen molar-refractivity contribution in [2.45, 2.75) is 83.1 Å². The summed E-state index contributed by atoms with van der Waals surface area (Å²) in [6.45, 7) is 2.70. The van der Waals surface area contributed by atoms with E-state index in [1.54, 1.807) is 35.9 Å². The smallest absolute Gasteiger partial charge is 0.329 e. The van der Waals surface area contributed by atoms with Crippen molar-refractivity contribution in [1.82, 2.24) is 34.4 Å². The van der Waals surface area contributed by atoms with Gasteiger partial charge in [0.05, 0.1) is 35.3 Å². The minimum absolute atomic E-state index is 0.115. The zero-order valence-electron chi connectivity index (χ0n) is 38.4. The van der Waals surface area contributed by atoms with E-state index in [1.807, 2.05) is 22.9 Å². The number of aryl methyl sites for hydroxylation is 2. The SMILES string of the molecule is COc1ccc(COc2c(F)cc(C(=O)NCC3CCC(n4cc5ccc(-c6ccc7c(c6)CN(CCCc6ccc8c(c6)n(C)c(=O)n8C6CCC(=O)NC6=O)C7)cc5n4)CC3)c(F)c2F)cc1. The minimum Gasteiger partial charge on any atom is -0.497 e.